The van der Waals surface area contributed by atoms with Gasteiger partial charge in [-0.15, -0.1) is 0 Å². The predicted octanol–water partition coefficient (Wildman–Crippen LogP) is 2.47. The Bertz CT molecular complexity index is 591. The zero-order valence-electron chi connectivity index (χ0n) is 12.3. The maximum Gasteiger partial charge on any atom is 0.216 e. The molecule has 0 heterocycles. The van der Waals surface area contributed by atoms with Crippen molar-refractivity contribution < 1.29 is 22.3 Å². The van der Waals surface area contributed by atoms with Gasteiger partial charge in [0.25, 0.3) is 0 Å². The van der Waals surface area contributed by atoms with E-state index in [4.69, 9.17) is 0 Å². The molecule has 2 rings (SSSR count). The molecule has 0 amide bonds. The van der Waals surface area contributed by atoms with Crippen LogP contribution in [0.4, 0.5) is 8.78 Å². The number of sulfonamides is 1. The van der Waals surface area contributed by atoms with Crippen LogP contribution in [0.15, 0.2) is 18.2 Å². The highest BCUT2D eigenvalue weighted by Crippen LogP contribution is 2.26. The van der Waals surface area contributed by atoms with Crippen molar-refractivity contribution in [1.29, 1.82) is 0 Å². The lowest BCUT2D eigenvalue weighted by Gasteiger charge is -2.26. The number of nitrogens with one attached hydrogen (secondary N) is 1. The van der Waals surface area contributed by atoms with Crippen molar-refractivity contribution in [3.05, 3.63) is 35.4 Å². The van der Waals surface area contributed by atoms with Gasteiger partial charge in [0.15, 0.2) is 0 Å². The maximum atomic E-state index is 13.5. The normalized spacial score (nSPS) is 18.9. The van der Waals surface area contributed by atoms with Gasteiger partial charge < -0.3 is 5.11 Å². The molecule has 1 aliphatic carbocycles. The Labute approximate surface area is 129 Å². The molecule has 0 atom stereocenters. The minimum atomic E-state index is -3.92. The van der Waals surface area contributed by atoms with E-state index in [1.165, 1.54) is 6.07 Å². The number of hydrogen-bond donors (Lipinski definition) is 2. The lowest BCUT2D eigenvalue weighted by Crippen LogP contribution is -2.43. The minimum Gasteiger partial charge on any atom is -0.389 e. The molecule has 0 aromatic heterocycles. The van der Waals surface area contributed by atoms with Gasteiger partial charge in [0.05, 0.1) is 11.4 Å². The fourth-order valence-corrected chi connectivity index (χ4v) is 3.97. The van der Waals surface area contributed by atoms with Gasteiger partial charge in [-0.05, 0) is 25.0 Å². The summed E-state index contributed by atoms with van der Waals surface area (Å²) in [5.41, 5.74) is -1.56. The fraction of sp³-hybridized carbons (Fsp3) is 0.600. The number of rotatable bonds is 5. The van der Waals surface area contributed by atoms with Crippen molar-refractivity contribution in [2.45, 2.75) is 49.9 Å². The van der Waals surface area contributed by atoms with Gasteiger partial charge >= 0.3 is 0 Å². The Kier molecular flexibility index (Phi) is 5.52. The molecule has 124 valence electrons. The van der Waals surface area contributed by atoms with E-state index in [0.717, 1.165) is 37.8 Å². The largest absolute Gasteiger partial charge is 0.389 e. The summed E-state index contributed by atoms with van der Waals surface area (Å²) < 4.78 is 53.4. The van der Waals surface area contributed by atoms with Gasteiger partial charge in [0.2, 0.25) is 10.0 Å². The van der Waals surface area contributed by atoms with E-state index in [1.54, 1.807) is 0 Å². The Morgan fingerprint density at radius 1 is 1.09 bits per heavy atom. The van der Waals surface area contributed by atoms with E-state index in [2.05, 4.69) is 4.72 Å². The van der Waals surface area contributed by atoms with Crippen molar-refractivity contribution in [3.63, 3.8) is 0 Å². The third kappa shape index (κ3) is 4.72. The summed E-state index contributed by atoms with van der Waals surface area (Å²) in [7, 11) is -3.92. The van der Waals surface area contributed by atoms with Gasteiger partial charge in [0, 0.05) is 12.1 Å². The molecule has 0 saturated heterocycles. The second kappa shape index (κ2) is 7.02. The second-order valence-corrected chi connectivity index (χ2v) is 7.73. The summed E-state index contributed by atoms with van der Waals surface area (Å²) in [5.74, 6) is -2.56. The van der Waals surface area contributed by atoms with Crippen molar-refractivity contribution in [2.75, 3.05) is 6.54 Å². The maximum absolute atomic E-state index is 13.5. The van der Waals surface area contributed by atoms with E-state index in [-0.39, 0.29) is 6.54 Å². The topological polar surface area (TPSA) is 66.4 Å². The first-order valence-electron chi connectivity index (χ1n) is 7.44. The Balaban J connectivity index is 2.02. The van der Waals surface area contributed by atoms with Crippen LogP contribution in [0, 0.1) is 11.6 Å². The Morgan fingerprint density at radius 3 is 2.18 bits per heavy atom. The van der Waals surface area contributed by atoms with Crippen LogP contribution in [0.1, 0.15) is 44.1 Å². The smallest absolute Gasteiger partial charge is 0.216 e. The summed E-state index contributed by atoms with van der Waals surface area (Å²) >= 11 is 0. The molecule has 2 N–H and O–H groups in total. The molecule has 1 fully saturated rings. The van der Waals surface area contributed by atoms with E-state index in [9.17, 15) is 22.3 Å². The lowest BCUT2D eigenvalue weighted by atomic mass is 9.95. The summed E-state index contributed by atoms with van der Waals surface area (Å²) in [6, 6.07) is 3.22. The molecule has 0 radical (unpaired) electrons. The molecule has 0 bridgehead atoms. The van der Waals surface area contributed by atoms with Gasteiger partial charge in [-0.3, -0.25) is 0 Å². The first kappa shape index (κ1) is 17.3. The molecule has 0 unspecified atom stereocenters. The second-order valence-electron chi connectivity index (χ2n) is 5.92. The van der Waals surface area contributed by atoms with Crippen LogP contribution in [-0.4, -0.2) is 25.7 Å². The highest BCUT2D eigenvalue weighted by molar-refractivity contribution is 7.88. The first-order valence-corrected chi connectivity index (χ1v) is 9.09. The third-order valence-electron chi connectivity index (χ3n) is 4.05. The molecule has 1 aliphatic rings. The van der Waals surface area contributed by atoms with Crippen LogP contribution in [0.3, 0.4) is 0 Å². The Hall–Kier alpha value is -1.05. The van der Waals surface area contributed by atoms with Crippen molar-refractivity contribution in [1.82, 2.24) is 4.72 Å². The number of benzene rings is 1. The predicted molar refractivity (Wildman–Crippen MR) is 79.6 cm³/mol. The van der Waals surface area contributed by atoms with Crippen LogP contribution in [0.25, 0.3) is 0 Å². The molecule has 4 nitrogen and oxygen atoms in total. The first-order chi connectivity index (χ1) is 10.3. The molecule has 1 saturated carbocycles. The highest BCUT2D eigenvalue weighted by atomic mass is 32.2. The monoisotopic (exact) mass is 333 g/mol. The van der Waals surface area contributed by atoms with Crippen LogP contribution in [0.2, 0.25) is 0 Å². The number of hydrogen-bond acceptors (Lipinski definition) is 3. The van der Waals surface area contributed by atoms with E-state index in [0.29, 0.717) is 12.8 Å². The zero-order valence-corrected chi connectivity index (χ0v) is 13.1. The van der Waals surface area contributed by atoms with E-state index < -0.39 is 38.6 Å². The summed E-state index contributed by atoms with van der Waals surface area (Å²) in [4.78, 5) is 0. The molecule has 0 aliphatic heterocycles. The van der Waals surface area contributed by atoms with Crippen LogP contribution < -0.4 is 4.72 Å². The van der Waals surface area contributed by atoms with Gasteiger partial charge in [0.1, 0.15) is 11.6 Å². The molecule has 7 heteroatoms. The fourth-order valence-electron chi connectivity index (χ4n) is 2.72. The van der Waals surface area contributed by atoms with Crippen LogP contribution in [0.5, 0.6) is 0 Å². The summed E-state index contributed by atoms with van der Waals surface area (Å²) in [6.45, 7) is -0.120. The quantitative estimate of drug-likeness (QED) is 0.814. The average Bonchev–Trinajstić information content (AvgIpc) is 2.67. The van der Waals surface area contributed by atoms with Crippen molar-refractivity contribution in [3.8, 4) is 0 Å². The van der Waals surface area contributed by atoms with Gasteiger partial charge in [-0.1, -0.05) is 31.7 Å². The lowest BCUT2D eigenvalue weighted by molar-refractivity contribution is 0.0303. The van der Waals surface area contributed by atoms with Crippen molar-refractivity contribution >= 4 is 10.0 Å². The standard InChI is InChI=1S/C15H21F2NO3S/c16-13-6-5-7-14(17)12(13)10-22(20,21)18-11-15(19)8-3-1-2-4-9-15/h5-7,18-19H,1-4,8-11H2. The summed E-state index contributed by atoms with van der Waals surface area (Å²) in [5, 5.41) is 10.4. The molecular weight excluding hydrogens is 312 g/mol. The van der Waals surface area contributed by atoms with E-state index >= 15 is 0 Å². The summed E-state index contributed by atoms with van der Waals surface area (Å²) in [6.07, 6.45) is 4.80. The average molecular weight is 333 g/mol. The Morgan fingerprint density at radius 2 is 1.64 bits per heavy atom. The zero-order chi connectivity index (χ0) is 16.2. The molecule has 22 heavy (non-hydrogen) atoms. The molecule has 1 aromatic carbocycles. The van der Waals surface area contributed by atoms with E-state index in [1.807, 2.05) is 0 Å². The van der Waals surface area contributed by atoms with Crippen LogP contribution >= 0.6 is 0 Å². The number of aliphatic hydroxyl groups is 1. The molecular formula is C15H21F2NO3S. The SMILES string of the molecule is O=S(=O)(Cc1c(F)cccc1F)NCC1(O)CCCCCC1. The molecule has 1 aromatic rings. The van der Waals surface area contributed by atoms with Crippen molar-refractivity contribution in [2.24, 2.45) is 0 Å². The minimum absolute atomic E-state index is 0.120. The van der Waals surface area contributed by atoms with Gasteiger partial charge in [-0.2, -0.15) is 0 Å². The highest BCUT2D eigenvalue weighted by Gasteiger charge is 2.30. The van der Waals surface area contributed by atoms with Gasteiger partial charge in [-0.25, -0.2) is 21.9 Å². The molecule has 0 spiro atoms. The third-order valence-corrected chi connectivity index (χ3v) is 5.30. The number of halogens is 2. The van der Waals surface area contributed by atoms with Crippen LogP contribution in [-0.2, 0) is 15.8 Å².